The number of benzene rings is 1. The van der Waals surface area contributed by atoms with Gasteiger partial charge in [0, 0.05) is 12.5 Å². The number of rotatable bonds is 3. The predicted octanol–water partition coefficient (Wildman–Crippen LogP) is 3.57. The van der Waals surface area contributed by atoms with Gasteiger partial charge in [-0.05, 0) is 48.1 Å². The molecule has 2 aliphatic rings. The van der Waals surface area contributed by atoms with Crippen LogP contribution in [0.3, 0.4) is 0 Å². The Hall–Kier alpha value is -1.22. The molecule has 1 aromatic carbocycles. The second-order valence-corrected chi connectivity index (χ2v) is 6.53. The van der Waals surface area contributed by atoms with Crippen molar-refractivity contribution >= 4 is 0 Å². The zero-order valence-electron chi connectivity index (χ0n) is 12.8. The van der Waals surface area contributed by atoms with E-state index in [0.29, 0.717) is 6.04 Å². The maximum absolute atomic E-state index is 5.84. The van der Waals surface area contributed by atoms with E-state index in [4.69, 9.17) is 9.47 Å². The van der Waals surface area contributed by atoms with E-state index in [1.54, 1.807) is 0 Å². The molecule has 1 N–H and O–H groups in total. The Balaban J connectivity index is 1.98. The lowest BCUT2D eigenvalue weighted by Crippen LogP contribution is -2.22. The lowest BCUT2D eigenvalue weighted by molar-refractivity contribution is 0.296. The lowest BCUT2D eigenvalue weighted by atomic mass is 9.86. The summed E-state index contributed by atoms with van der Waals surface area (Å²) in [5.41, 5.74) is 3.01. The molecule has 0 fully saturated rings. The molecule has 1 aliphatic carbocycles. The third kappa shape index (κ3) is 2.39. The van der Waals surface area contributed by atoms with Crippen LogP contribution in [0.5, 0.6) is 11.5 Å². The van der Waals surface area contributed by atoms with Gasteiger partial charge in [-0.15, -0.1) is 0 Å². The van der Waals surface area contributed by atoms with Crippen LogP contribution >= 0.6 is 0 Å². The zero-order chi connectivity index (χ0) is 14.2. The van der Waals surface area contributed by atoms with Crippen LogP contribution in [0.1, 0.15) is 57.2 Å². The van der Waals surface area contributed by atoms with Crippen molar-refractivity contribution in [3.8, 4) is 11.5 Å². The van der Waals surface area contributed by atoms with Gasteiger partial charge < -0.3 is 14.8 Å². The molecule has 1 unspecified atom stereocenters. The molecule has 1 heterocycles. The van der Waals surface area contributed by atoms with E-state index in [-0.39, 0.29) is 5.41 Å². The molecule has 20 heavy (non-hydrogen) atoms. The number of hydrogen-bond acceptors (Lipinski definition) is 3. The Morgan fingerprint density at radius 1 is 1.20 bits per heavy atom. The van der Waals surface area contributed by atoms with Crippen molar-refractivity contribution in [2.75, 3.05) is 19.8 Å². The van der Waals surface area contributed by atoms with Crippen LogP contribution in [-0.4, -0.2) is 19.8 Å². The summed E-state index contributed by atoms with van der Waals surface area (Å²) in [4.78, 5) is 0. The monoisotopic (exact) mass is 275 g/mol. The minimum Gasteiger partial charge on any atom is -0.490 e. The zero-order valence-corrected chi connectivity index (χ0v) is 12.8. The largest absolute Gasteiger partial charge is 0.490 e. The number of fused-ring (bicyclic) bond motifs is 2. The van der Waals surface area contributed by atoms with Crippen molar-refractivity contribution in [3.05, 3.63) is 23.3 Å². The van der Waals surface area contributed by atoms with Gasteiger partial charge in [0.25, 0.3) is 0 Å². The van der Waals surface area contributed by atoms with E-state index in [2.05, 4.69) is 38.2 Å². The average molecular weight is 275 g/mol. The molecule has 0 spiro atoms. The third-order valence-electron chi connectivity index (χ3n) is 4.38. The normalized spacial score (nSPS) is 23.2. The van der Waals surface area contributed by atoms with Crippen molar-refractivity contribution in [2.24, 2.45) is 0 Å². The van der Waals surface area contributed by atoms with Gasteiger partial charge in [0.2, 0.25) is 0 Å². The summed E-state index contributed by atoms with van der Waals surface area (Å²) in [5.74, 6) is 1.84. The topological polar surface area (TPSA) is 30.5 Å². The Labute approximate surface area is 121 Å². The first kappa shape index (κ1) is 13.7. The van der Waals surface area contributed by atoms with Crippen LogP contribution in [-0.2, 0) is 5.41 Å². The molecular weight excluding hydrogens is 250 g/mol. The van der Waals surface area contributed by atoms with Gasteiger partial charge in [-0.1, -0.05) is 20.8 Å². The smallest absolute Gasteiger partial charge is 0.161 e. The summed E-state index contributed by atoms with van der Waals surface area (Å²) in [6, 6.07) is 4.86. The van der Waals surface area contributed by atoms with Gasteiger partial charge in [0.1, 0.15) is 0 Å². The summed E-state index contributed by atoms with van der Waals surface area (Å²) in [7, 11) is 0. The first-order valence-corrected chi connectivity index (χ1v) is 7.79. The first-order valence-electron chi connectivity index (χ1n) is 7.79. The van der Waals surface area contributed by atoms with Crippen LogP contribution in [0.15, 0.2) is 12.1 Å². The highest BCUT2D eigenvalue weighted by Gasteiger charge is 2.38. The van der Waals surface area contributed by atoms with Crippen molar-refractivity contribution in [3.63, 3.8) is 0 Å². The fourth-order valence-electron chi connectivity index (χ4n) is 3.33. The van der Waals surface area contributed by atoms with Gasteiger partial charge >= 0.3 is 0 Å². The minimum atomic E-state index is 0.200. The molecule has 1 aliphatic heterocycles. The molecule has 1 aromatic rings. The SMILES string of the molecule is CCCNC1CC(C)(C)c2cc3c(cc21)OCCCO3. The second-order valence-electron chi connectivity index (χ2n) is 6.53. The van der Waals surface area contributed by atoms with Crippen molar-refractivity contribution in [1.29, 1.82) is 0 Å². The Kier molecular flexibility index (Phi) is 3.63. The molecule has 1 atom stereocenters. The molecule has 0 saturated carbocycles. The highest BCUT2D eigenvalue weighted by Crippen LogP contribution is 2.48. The van der Waals surface area contributed by atoms with E-state index >= 15 is 0 Å². The lowest BCUT2D eigenvalue weighted by Gasteiger charge is -2.20. The van der Waals surface area contributed by atoms with Crippen LogP contribution in [0, 0.1) is 0 Å². The molecule has 3 heteroatoms. The Bertz CT molecular complexity index is 496. The highest BCUT2D eigenvalue weighted by atomic mass is 16.5. The second kappa shape index (κ2) is 5.28. The molecule has 0 radical (unpaired) electrons. The van der Waals surface area contributed by atoms with Gasteiger partial charge in [-0.3, -0.25) is 0 Å². The molecule has 0 bridgehead atoms. The van der Waals surface area contributed by atoms with Crippen LogP contribution < -0.4 is 14.8 Å². The molecular formula is C17H25NO2. The molecule has 0 saturated heterocycles. The third-order valence-corrected chi connectivity index (χ3v) is 4.38. The standard InChI is InChI=1S/C17H25NO2/c1-4-6-18-14-11-17(2,3)13-10-16-15(9-12(13)14)19-7-5-8-20-16/h9-10,14,18H,4-8,11H2,1-3H3. The van der Waals surface area contributed by atoms with Crippen molar-refractivity contribution in [1.82, 2.24) is 5.32 Å². The molecule has 0 aromatic heterocycles. The van der Waals surface area contributed by atoms with E-state index in [1.807, 2.05) is 0 Å². The molecule has 3 rings (SSSR count). The van der Waals surface area contributed by atoms with E-state index in [1.165, 1.54) is 11.1 Å². The van der Waals surface area contributed by atoms with Gasteiger partial charge in [-0.2, -0.15) is 0 Å². The summed E-state index contributed by atoms with van der Waals surface area (Å²) >= 11 is 0. The van der Waals surface area contributed by atoms with E-state index in [9.17, 15) is 0 Å². The fourth-order valence-corrected chi connectivity index (χ4v) is 3.33. The maximum Gasteiger partial charge on any atom is 0.161 e. The summed E-state index contributed by atoms with van der Waals surface area (Å²) in [5, 5.41) is 3.67. The quantitative estimate of drug-likeness (QED) is 0.914. The summed E-state index contributed by atoms with van der Waals surface area (Å²) in [6.07, 6.45) is 3.27. The molecule has 0 amide bonds. The van der Waals surface area contributed by atoms with Crippen LogP contribution in [0.2, 0.25) is 0 Å². The molecule has 110 valence electrons. The summed E-state index contributed by atoms with van der Waals surface area (Å²) in [6.45, 7) is 9.43. The maximum atomic E-state index is 5.84. The van der Waals surface area contributed by atoms with Crippen molar-refractivity contribution < 1.29 is 9.47 Å². The van der Waals surface area contributed by atoms with E-state index in [0.717, 1.165) is 50.5 Å². The molecule has 3 nitrogen and oxygen atoms in total. The first-order chi connectivity index (χ1) is 9.62. The predicted molar refractivity (Wildman–Crippen MR) is 80.7 cm³/mol. The van der Waals surface area contributed by atoms with Crippen LogP contribution in [0.25, 0.3) is 0 Å². The van der Waals surface area contributed by atoms with Gasteiger partial charge in [0.15, 0.2) is 11.5 Å². The average Bonchev–Trinajstić information content (AvgIpc) is 2.59. The van der Waals surface area contributed by atoms with Crippen LogP contribution in [0.4, 0.5) is 0 Å². The number of nitrogens with one attached hydrogen (secondary N) is 1. The number of ether oxygens (including phenoxy) is 2. The number of hydrogen-bond donors (Lipinski definition) is 1. The Morgan fingerprint density at radius 2 is 1.90 bits per heavy atom. The minimum absolute atomic E-state index is 0.200. The highest BCUT2D eigenvalue weighted by molar-refractivity contribution is 5.53. The van der Waals surface area contributed by atoms with Crippen molar-refractivity contribution in [2.45, 2.75) is 51.5 Å². The van der Waals surface area contributed by atoms with Gasteiger partial charge in [0.05, 0.1) is 13.2 Å². The summed E-state index contributed by atoms with van der Waals surface area (Å²) < 4.78 is 11.7. The van der Waals surface area contributed by atoms with Gasteiger partial charge in [-0.25, -0.2) is 0 Å². The van der Waals surface area contributed by atoms with E-state index < -0.39 is 0 Å². The Morgan fingerprint density at radius 3 is 2.60 bits per heavy atom. The fraction of sp³-hybridized carbons (Fsp3) is 0.647.